The van der Waals surface area contributed by atoms with Crippen molar-refractivity contribution >= 4 is 5.97 Å². The predicted octanol–water partition coefficient (Wildman–Crippen LogP) is 6.61. The first kappa shape index (κ1) is 24.1. The molecule has 186 valence electrons. The van der Waals surface area contributed by atoms with E-state index >= 15 is 0 Å². The molecule has 1 unspecified atom stereocenters. The lowest BCUT2D eigenvalue weighted by Crippen LogP contribution is -2.20. The van der Waals surface area contributed by atoms with E-state index in [1.807, 2.05) is 110 Å². The maximum absolute atomic E-state index is 12.1. The molecule has 0 spiro atoms. The molecule has 0 aliphatic carbocycles. The average Bonchev–Trinajstić information content (AvgIpc) is 3.56. The third-order valence-corrected chi connectivity index (χ3v) is 6.34. The second kappa shape index (κ2) is 11.0. The zero-order valence-electron chi connectivity index (χ0n) is 20.6. The van der Waals surface area contributed by atoms with Gasteiger partial charge in [-0.05, 0) is 53.9 Å². The summed E-state index contributed by atoms with van der Waals surface area (Å²) in [6, 6.07) is 28.6. The Morgan fingerprint density at radius 2 is 1.59 bits per heavy atom. The second-order valence-corrected chi connectivity index (χ2v) is 8.90. The van der Waals surface area contributed by atoms with E-state index in [-0.39, 0.29) is 0 Å². The van der Waals surface area contributed by atoms with Gasteiger partial charge in [0.25, 0.3) is 0 Å². The minimum atomic E-state index is -0.867. The minimum Gasteiger partial charge on any atom is -0.493 e. The van der Waals surface area contributed by atoms with Crippen molar-refractivity contribution in [3.8, 4) is 28.3 Å². The second-order valence-electron chi connectivity index (χ2n) is 8.90. The van der Waals surface area contributed by atoms with Gasteiger partial charge >= 0.3 is 5.97 Å². The van der Waals surface area contributed by atoms with E-state index in [1.54, 1.807) is 4.57 Å². The molecule has 0 aliphatic heterocycles. The molecule has 37 heavy (non-hydrogen) atoms. The normalized spacial score (nSPS) is 11.8. The van der Waals surface area contributed by atoms with Crippen LogP contribution in [-0.4, -0.2) is 27.2 Å². The maximum atomic E-state index is 12.1. The summed E-state index contributed by atoms with van der Waals surface area (Å²) in [6.45, 7) is 2.38. The summed E-state index contributed by atoms with van der Waals surface area (Å²) in [7, 11) is 0. The number of ether oxygens (including phenoxy) is 1. The minimum absolute atomic E-state index is 0.374. The Balaban J connectivity index is 1.18. The van der Waals surface area contributed by atoms with Crippen LogP contribution in [0.4, 0.5) is 0 Å². The molecule has 2 heterocycles. The molecule has 5 aromatic rings. The Kier molecular flexibility index (Phi) is 7.17. The number of benzene rings is 3. The molecule has 0 saturated carbocycles. The number of hydrogen-bond acceptors (Lipinski definition) is 4. The van der Waals surface area contributed by atoms with Crippen molar-refractivity contribution in [2.24, 2.45) is 0 Å². The highest BCUT2D eigenvalue weighted by molar-refractivity contribution is 5.73. The van der Waals surface area contributed by atoms with Gasteiger partial charge in [-0.2, -0.15) is 0 Å². The standard InChI is InChI=1S/C31H28N2O4/c1-22-28(32-30(37-22)25-10-6-3-7-11-25)17-19-36-27-14-12-23(13-15-27)20-29(31(34)35)33-18-16-26(21-33)24-8-4-2-5-9-24/h2-16,18,21,29H,17,19-20H2,1H3,(H,34,35). The summed E-state index contributed by atoms with van der Waals surface area (Å²) in [5.41, 5.74) is 4.80. The number of carbonyl (C=O) groups is 1. The summed E-state index contributed by atoms with van der Waals surface area (Å²) >= 11 is 0. The van der Waals surface area contributed by atoms with E-state index in [1.165, 1.54) is 0 Å². The molecule has 6 heteroatoms. The van der Waals surface area contributed by atoms with Gasteiger partial charge in [0.1, 0.15) is 17.6 Å². The van der Waals surface area contributed by atoms with Gasteiger partial charge in [-0.1, -0.05) is 60.7 Å². The largest absolute Gasteiger partial charge is 0.493 e. The van der Waals surface area contributed by atoms with E-state index in [2.05, 4.69) is 4.98 Å². The fraction of sp³-hybridized carbons (Fsp3) is 0.161. The van der Waals surface area contributed by atoms with E-state index in [0.29, 0.717) is 25.3 Å². The smallest absolute Gasteiger partial charge is 0.327 e. The molecule has 0 fully saturated rings. The summed E-state index contributed by atoms with van der Waals surface area (Å²) in [5.74, 6) is 1.27. The highest BCUT2D eigenvalue weighted by atomic mass is 16.5. The van der Waals surface area contributed by atoms with Crippen LogP contribution in [0.15, 0.2) is 108 Å². The van der Waals surface area contributed by atoms with Gasteiger partial charge in [-0.25, -0.2) is 9.78 Å². The van der Waals surface area contributed by atoms with E-state index in [0.717, 1.165) is 39.5 Å². The van der Waals surface area contributed by atoms with Crippen LogP contribution in [0.3, 0.4) is 0 Å². The number of aryl methyl sites for hydroxylation is 1. The summed E-state index contributed by atoms with van der Waals surface area (Å²) in [5, 5.41) is 9.88. The first-order valence-electron chi connectivity index (χ1n) is 12.3. The summed E-state index contributed by atoms with van der Waals surface area (Å²) in [4.78, 5) is 16.7. The monoisotopic (exact) mass is 492 g/mol. The zero-order chi connectivity index (χ0) is 25.6. The van der Waals surface area contributed by atoms with Crippen LogP contribution in [0.25, 0.3) is 22.6 Å². The van der Waals surface area contributed by atoms with Crippen LogP contribution in [-0.2, 0) is 17.6 Å². The van der Waals surface area contributed by atoms with Crippen molar-refractivity contribution in [1.29, 1.82) is 0 Å². The lowest BCUT2D eigenvalue weighted by molar-refractivity contribution is -0.140. The third kappa shape index (κ3) is 5.81. The van der Waals surface area contributed by atoms with E-state index in [9.17, 15) is 9.90 Å². The fourth-order valence-electron chi connectivity index (χ4n) is 4.30. The molecule has 2 aromatic heterocycles. The first-order valence-corrected chi connectivity index (χ1v) is 12.3. The number of hydrogen-bond donors (Lipinski definition) is 1. The Labute approximate surface area is 215 Å². The number of aliphatic carboxylic acids is 1. The number of carboxylic acids is 1. The predicted molar refractivity (Wildman–Crippen MR) is 143 cm³/mol. The average molecular weight is 493 g/mol. The van der Waals surface area contributed by atoms with Gasteiger partial charge in [0.05, 0.1) is 12.3 Å². The molecule has 6 nitrogen and oxygen atoms in total. The van der Waals surface area contributed by atoms with Crippen LogP contribution in [0.1, 0.15) is 23.1 Å². The van der Waals surface area contributed by atoms with Gasteiger partial charge in [0.2, 0.25) is 5.89 Å². The molecule has 1 atom stereocenters. The van der Waals surface area contributed by atoms with Gasteiger partial charge < -0.3 is 18.8 Å². The fourth-order valence-corrected chi connectivity index (χ4v) is 4.30. The summed E-state index contributed by atoms with van der Waals surface area (Å²) in [6.07, 6.45) is 4.72. The highest BCUT2D eigenvalue weighted by Gasteiger charge is 2.20. The summed E-state index contributed by atoms with van der Waals surface area (Å²) < 4.78 is 13.5. The molecule has 1 N–H and O–H groups in total. The molecule has 5 rings (SSSR count). The Morgan fingerprint density at radius 3 is 2.27 bits per heavy atom. The van der Waals surface area contributed by atoms with Gasteiger partial charge in [0.15, 0.2) is 0 Å². The third-order valence-electron chi connectivity index (χ3n) is 6.34. The number of nitrogens with zero attached hydrogens (tertiary/aromatic N) is 2. The lowest BCUT2D eigenvalue weighted by atomic mass is 10.1. The maximum Gasteiger partial charge on any atom is 0.327 e. The van der Waals surface area contributed by atoms with Crippen molar-refractivity contribution in [2.45, 2.75) is 25.8 Å². The van der Waals surface area contributed by atoms with Gasteiger partial charge in [-0.3, -0.25) is 0 Å². The molecular weight excluding hydrogens is 464 g/mol. The molecule has 0 bridgehead atoms. The van der Waals surface area contributed by atoms with Crippen molar-refractivity contribution in [3.05, 3.63) is 120 Å². The number of rotatable bonds is 10. The van der Waals surface area contributed by atoms with E-state index < -0.39 is 12.0 Å². The number of oxazole rings is 1. The van der Waals surface area contributed by atoms with Crippen LogP contribution in [0, 0.1) is 6.92 Å². The van der Waals surface area contributed by atoms with Crippen LogP contribution in [0.5, 0.6) is 5.75 Å². The molecule has 0 aliphatic rings. The molecule has 0 saturated heterocycles. The molecular formula is C31H28N2O4. The molecule has 0 radical (unpaired) electrons. The molecule has 0 amide bonds. The van der Waals surface area contributed by atoms with Crippen LogP contribution >= 0.6 is 0 Å². The lowest BCUT2D eigenvalue weighted by Gasteiger charge is -2.15. The van der Waals surface area contributed by atoms with Crippen molar-refractivity contribution < 1.29 is 19.1 Å². The molecule has 3 aromatic carbocycles. The Hall–Kier alpha value is -4.58. The van der Waals surface area contributed by atoms with Crippen LogP contribution < -0.4 is 4.74 Å². The van der Waals surface area contributed by atoms with Crippen molar-refractivity contribution in [3.63, 3.8) is 0 Å². The van der Waals surface area contributed by atoms with E-state index in [4.69, 9.17) is 9.15 Å². The van der Waals surface area contributed by atoms with Crippen LogP contribution in [0.2, 0.25) is 0 Å². The highest BCUT2D eigenvalue weighted by Crippen LogP contribution is 2.25. The quantitative estimate of drug-likeness (QED) is 0.237. The van der Waals surface area contributed by atoms with Crippen molar-refractivity contribution in [1.82, 2.24) is 9.55 Å². The SMILES string of the molecule is Cc1oc(-c2ccccc2)nc1CCOc1ccc(CC(C(=O)O)n2ccc(-c3ccccc3)c2)cc1. The topological polar surface area (TPSA) is 77.5 Å². The van der Waals surface area contributed by atoms with Gasteiger partial charge in [-0.15, -0.1) is 0 Å². The first-order chi connectivity index (χ1) is 18.1. The zero-order valence-corrected chi connectivity index (χ0v) is 20.6. The Bertz CT molecular complexity index is 1450. The van der Waals surface area contributed by atoms with Gasteiger partial charge in [0, 0.05) is 30.8 Å². The Morgan fingerprint density at radius 1 is 0.919 bits per heavy atom. The van der Waals surface area contributed by atoms with Crippen molar-refractivity contribution in [2.75, 3.05) is 6.61 Å². The number of carboxylic acid groups (broad SMARTS) is 1. The number of aromatic nitrogens is 2.